The molecule has 20 heavy (non-hydrogen) atoms. The highest BCUT2D eigenvalue weighted by molar-refractivity contribution is 6.05. The molecule has 1 unspecified atom stereocenters. The second-order valence-corrected chi connectivity index (χ2v) is 5.24. The van der Waals surface area contributed by atoms with Crippen molar-refractivity contribution < 1.29 is 9.53 Å². The van der Waals surface area contributed by atoms with Gasteiger partial charge in [-0.15, -0.1) is 0 Å². The number of anilines is 1. The zero-order valence-electron chi connectivity index (χ0n) is 11.9. The second kappa shape index (κ2) is 4.67. The van der Waals surface area contributed by atoms with E-state index >= 15 is 0 Å². The number of amides is 1. The minimum atomic E-state index is -0.227. The number of carbonyl (C=O) groups is 1. The Balaban J connectivity index is 2.09. The summed E-state index contributed by atoms with van der Waals surface area (Å²) in [5.74, 6) is 0.612. The summed E-state index contributed by atoms with van der Waals surface area (Å²) in [5, 5.41) is 3.00. The van der Waals surface area contributed by atoms with Crippen molar-refractivity contribution in [1.82, 2.24) is 0 Å². The van der Waals surface area contributed by atoms with E-state index in [0.717, 1.165) is 28.1 Å². The van der Waals surface area contributed by atoms with Crippen molar-refractivity contribution in [2.75, 3.05) is 12.4 Å². The first kappa shape index (κ1) is 12.7. The number of ether oxygens (including phenoxy) is 1. The summed E-state index contributed by atoms with van der Waals surface area (Å²) >= 11 is 0. The van der Waals surface area contributed by atoms with Crippen molar-refractivity contribution >= 4 is 11.6 Å². The molecule has 1 atom stereocenters. The van der Waals surface area contributed by atoms with Gasteiger partial charge in [0.2, 0.25) is 5.91 Å². The van der Waals surface area contributed by atoms with E-state index in [-0.39, 0.29) is 11.8 Å². The fourth-order valence-corrected chi connectivity index (χ4v) is 2.86. The predicted molar refractivity (Wildman–Crippen MR) is 79.4 cm³/mol. The maximum Gasteiger partial charge on any atom is 0.236 e. The predicted octanol–water partition coefficient (Wildman–Crippen LogP) is 3.40. The Bertz CT molecular complexity index is 674. The Morgan fingerprint density at radius 3 is 2.45 bits per heavy atom. The van der Waals surface area contributed by atoms with Crippen LogP contribution in [-0.4, -0.2) is 13.0 Å². The highest BCUT2D eigenvalue weighted by Gasteiger charge is 2.32. The smallest absolute Gasteiger partial charge is 0.236 e. The van der Waals surface area contributed by atoms with Crippen molar-refractivity contribution in [2.24, 2.45) is 0 Å². The zero-order valence-corrected chi connectivity index (χ0v) is 11.9. The van der Waals surface area contributed by atoms with E-state index in [2.05, 4.69) is 24.4 Å². The normalized spacial score (nSPS) is 16.8. The SMILES string of the molecule is COc1ccc(C2C(=O)Nc3c(C)cc(C)cc32)cc1. The average Bonchev–Trinajstić information content (AvgIpc) is 2.76. The summed E-state index contributed by atoms with van der Waals surface area (Å²) in [6.45, 7) is 4.09. The van der Waals surface area contributed by atoms with E-state index in [1.807, 2.05) is 31.2 Å². The number of carbonyl (C=O) groups excluding carboxylic acids is 1. The fourth-order valence-electron chi connectivity index (χ4n) is 2.86. The number of aryl methyl sites for hydroxylation is 2. The number of hydrogen-bond donors (Lipinski definition) is 1. The van der Waals surface area contributed by atoms with Crippen LogP contribution < -0.4 is 10.1 Å². The van der Waals surface area contributed by atoms with Gasteiger partial charge in [-0.3, -0.25) is 4.79 Å². The van der Waals surface area contributed by atoms with Crippen molar-refractivity contribution in [1.29, 1.82) is 0 Å². The monoisotopic (exact) mass is 267 g/mol. The average molecular weight is 267 g/mol. The summed E-state index contributed by atoms with van der Waals surface area (Å²) in [5.41, 5.74) is 5.31. The molecule has 3 heteroatoms. The van der Waals surface area contributed by atoms with Crippen LogP contribution in [0.15, 0.2) is 36.4 Å². The molecule has 2 aromatic rings. The molecule has 0 aromatic heterocycles. The molecule has 0 radical (unpaired) electrons. The molecule has 0 fully saturated rings. The van der Waals surface area contributed by atoms with E-state index in [9.17, 15) is 4.79 Å². The molecule has 1 aliphatic rings. The van der Waals surface area contributed by atoms with Crippen molar-refractivity contribution in [3.05, 3.63) is 58.7 Å². The number of fused-ring (bicyclic) bond motifs is 1. The van der Waals surface area contributed by atoms with E-state index < -0.39 is 0 Å². The minimum Gasteiger partial charge on any atom is -0.497 e. The summed E-state index contributed by atoms with van der Waals surface area (Å²) in [4.78, 5) is 12.3. The maximum atomic E-state index is 12.3. The fraction of sp³-hybridized carbons (Fsp3) is 0.235. The van der Waals surface area contributed by atoms with Crippen LogP contribution in [0.1, 0.15) is 28.2 Å². The first-order chi connectivity index (χ1) is 9.60. The van der Waals surface area contributed by atoms with Gasteiger partial charge in [0.05, 0.1) is 13.0 Å². The molecule has 1 N–H and O–H groups in total. The standard InChI is InChI=1S/C17H17NO2/c1-10-8-11(2)16-14(9-10)15(17(19)18-16)12-4-6-13(20-3)7-5-12/h4-9,15H,1-3H3,(H,18,19). The van der Waals surface area contributed by atoms with E-state index in [0.29, 0.717) is 0 Å². The van der Waals surface area contributed by atoms with Gasteiger partial charge < -0.3 is 10.1 Å². The third-order valence-corrected chi connectivity index (χ3v) is 3.78. The molecule has 0 saturated heterocycles. The Kier molecular flexibility index (Phi) is 2.97. The quantitative estimate of drug-likeness (QED) is 0.905. The highest BCUT2D eigenvalue weighted by atomic mass is 16.5. The number of methoxy groups -OCH3 is 1. The molecule has 0 spiro atoms. The van der Waals surface area contributed by atoms with Gasteiger partial charge in [0.1, 0.15) is 5.75 Å². The maximum absolute atomic E-state index is 12.3. The van der Waals surface area contributed by atoms with Crippen LogP contribution in [0, 0.1) is 13.8 Å². The lowest BCUT2D eigenvalue weighted by atomic mass is 9.90. The van der Waals surface area contributed by atoms with E-state index in [4.69, 9.17) is 4.74 Å². The van der Waals surface area contributed by atoms with Gasteiger partial charge in [0.25, 0.3) is 0 Å². The molecular formula is C17H17NO2. The lowest BCUT2D eigenvalue weighted by Crippen LogP contribution is -2.13. The molecule has 1 amide bonds. The van der Waals surface area contributed by atoms with E-state index in [1.54, 1.807) is 7.11 Å². The van der Waals surface area contributed by atoms with Crippen molar-refractivity contribution in [3.8, 4) is 5.75 Å². The van der Waals surface area contributed by atoms with Gasteiger partial charge in [-0.05, 0) is 42.7 Å². The van der Waals surface area contributed by atoms with Crippen LogP contribution in [0.5, 0.6) is 5.75 Å². The third kappa shape index (κ3) is 1.95. The molecule has 3 rings (SSSR count). The lowest BCUT2D eigenvalue weighted by Gasteiger charge is -2.11. The number of nitrogens with one attached hydrogen (secondary N) is 1. The molecule has 0 saturated carbocycles. The molecule has 1 heterocycles. The molecule has 1 aliphatic heterocycles. The molecule has 3 nitrogen and oxygen atoms in total. The van der Waals surface area contributed by atoms with Gasteiger partial charge in [-0.2, -0.15) is 0 Å². The van der Waals surface area contributed by atoms with Gasteiger partial charge in [0, 0.05) is 5.69 Å². The van der Waals surface area contributed by atoms with Gasteiger partial charge in [-0.1, -0.05) is 29.8 Å². The Morgan fingerprint density at radius 1 is 1.10 bits per heavy atom. The molecule has 0 aliphatic carbocycles. The highest BCUT2D eigenvalue weighted by Crippen LogP contribution is 2.40. The Morgan fingerprint density at radius 2 is 1.80 bits per heavy atom. The molecule has 102 valence electrons. The zero-order chi connectivity index (χ0) is 14.3. The van der Waals surface area contributed by atoms with Crippen LogP contribution in [0.2, 0.25) is 0 Å². The van der Waals surface area contributed by atoms with Crippen molar-refractivity contribution in [2.45, 2.75) is 19.8 Å². The summed E-state index contributed by atoms with van der Waals surface area (Å²) in [6.07, 6.45) is 0. The summed E-state index contributed by atoms with van der Waals surface area (Å²) in [6, 6.07) is 11.9. The van der Waals surface area contributed by atoms with Crippen LogP contribution in [0.3, 0.4) is 0 Å². The van der Waals surface area contributed by atoms with Crippen LogP contribution in [0.25, 0.3) is 0 Å². The Hall–Kier alpha value is -2.29. The van der Waals surface area contributed by atoms with Gasteiger partial charge in [-0.25, -0.2) is 0 Å². The first-order valence-corrected chi connectivity index (χ1v) is 6.66. The third-order valence-electron chi connectivity index (χ3n) is 3.78. The number of rotatable bonds is 2. The topological polar surface area (TPSA) is 38.3 Å². The second-order valence-electron chi connectivity index (χ2n) is 5.24. The molecule has 0 bridgehead atoms. The number of hydrogen-bond acceptors (Lipinski definition) is 2. The van der Waals surface area contributed by atoms with Crippen LogP contribution >= 0.6 is 0 Å². The lowest BCUT2D eigenvalue weighted by molar-refractivity contribution is -0.116. The van der Waals surface area contributed by atoms with Gasteiger partial charge in [0.15, 0.2) is 0 Å². The first-order valence-electron chi connectivity index (χ1n) is 6.66. The van der Waals surface area contributed by atoms with Crippen LogP contribution in [-0.2, 0) is 4.79 Å². The van der Waals surface area contributed by atoms with Gasteiger partial charge >= 0.3 is 0 Å². The summed E-state index contributed by atoms with van der Waals surface area (Å²) in [7, 11) is 1.64. The molecular weight excluding hydrogens is 250 g/mol. The van der Waals surface area contributed by atoms with E-state index in [1.165, 1.54) is 5.56 Å². The summed E-state index contributed by atoms with van der Waals surface area (Å²) < 4.78 is 5.17. The van der Waals surface area contributed by atoms with Crippen LogP contribution in [0.4, 0.5) is 5.69 Å². The Labute approximate surface area is 118 Å². The minimum absolute atomic E-state index is 0.0406. The van der Waals surface area contributed by atoms with Crippen molar-refractivity contribution in [3.63, 3.8) is 0 Å². The molecule has 2 aromatic carbocycles. The largest absolute Gasteiger partial charge is 0.497 e. The number of benzene rings is 2.